The summed E-state index contributed by atoms with van der Waals surface area (Å²) in [6, 6.07) is 9.62. The molecule has 0 unspecified atom stereocenters. The van der Waals surface area contributed by atoms with Gasteiger partial charge in [-0.1, -0.05) is 29.5 Å². The van der Waals surface area contributed by atoms with Crippen molar-refractivity contribution in [2.24, 2.45) is 0 Å². The molecule has 0 fully saturated rings. The summed E-state index contributed by atoms with van der Waals surface area (Å²) in [4.78, 5) is 21.4. The van der Waals surface area contributed by atoms with Crippen molar-refractivity contribution >= 4 is 22.4 Å². The maximum atomic E-state index is 13.6. The lowest BCUT2D eigenvalue weighted by Crippen LogP contribution is -2.13. The van der Waals surface area contributed by atoms with Crippen molar-refractivity contribution in [2.45, 2.75) is 6.92 Å². The number of aromatic nitrogens is 2. The van der Waals surface area contributed by atoms with Gasteiger partial charge in [0.05, 0.1) is 16.1 Å². The van der Waals surface area contributed by atoms with E-state index in [-0.39, 0.29) is 5.56 Å². The summed E-state index contributed by atoms with van der Waals surface area (Å²) in [5.41, 5.74) is 1.73. The van der Waals surface area contributed by atoms with Crippen molar-refractivity contribution in [3.63, 3.8) is 0 Å². The number of amides is 1. The molecule has 1 aromatic carbocycles. The highest BCUT2D eigenvalue weighted by Gasteiger charge is 2.15. The predicted molar refractivity (Wildman–Crippen MR) is 84.4 cm³/mol. The van der Waals surface area contributed by atoms with Crippen LogP contribution in [-0.4, -0.2) is 15.9 Å². The molecule has 0 aliphatic heterocycles. The first-order valence-electron chi connectivity index (χ1n) is 6.59. The standard InChI is InChI=1S/C16H12FN3OS/c1-10-14(11-5-4-8-18-9-11)22-16(19-10)20-15(21)12-6-2-3-7-13(12)17/h2-9H,1H3,(H,19,20,21). The van der Waals surface area contributed by atoms with Crippen LogP contribution in [0.1, 0.15) is 16.1 Å². The Bertz CT molecular complexity index is 817. The molecule has 4 nitrogen and oxygen atoms in total. The smallest absolute Gasteiger partial charge is 0.260 e. The molecule has 110 valence electrons. The summed E-state index contributed by atoms with van der Waals surface area (Å²) in [7, 11) is 0. The van der Waals surface area contributed by atoms with E-state index in [1.165, 1.54) is 23.5 Å². The molecule has 0 spiro atoms. The number of hydrogen-bond donors (Lipinski definition) is 1. The number of carbonyl (C=O) groups excluding carboxylic acids is 1. The molecule has 2 heterocycles. The third kappa shape index (κ3) is 2.87. The lowest BCUT2D eigenvalue weighted by atomic mass is 10.2. The van der Waals surface area contributed by atoms with Gasteiger partial charge in [0.25, 0.3) is 5.91 Å². The van der Waals surface area contributed by atoms with Gasteiger partial charge in [-0.05, 0) is 25.1 Å². The molecule has 0 aliphatic carbocycles. The van der Waals surface area contributed by atoms with Gasteiger partial charge in [-0.25, -0.2) is 9.37 Å². The summed E-state index contributed by atoms with van der Waals surface area (Å²) < 4.78 is 13.6. The Labute approximate surface area is 130 Å². The minimum Gasteiger partial charge on any atom is -0.298 e. The van der Waals surface area contributed by atoms with E-state index in [0.29, 0.717) is 5.13 Å². The van der Waals surface area contributed by atoms with Gasteiger partial charge in [-0.3, -0.25) is 15.1 Å². The molecule has 3 aromatic rings. The minimum atomic E-state index is -0.555. The second-order valence-corrected chi connectivity index (χ2v) is 5.61. The quantitative estimate of drug-likeness (QED) is 0.797. The summed E-state index contributed by atoms with van der Waals surface area (Å²) in [6.45, 7) is 1.86. The number of halogens is 1. The Kier molecular flexibility index (Phi) is 3.93. The molecule has 1 amide bonds. The number of hydrogen-bond acceptors (Lipinski definition) is 4. The average molecular weight is 313 g/mol. The van der Waals surface area contributed by atoms with Crippen LogP contribution in [0.5, 0.6) is 0 Å². The van der Waals surface area contributed by atoms with Gasteiger partial charge in [0.15, 0.2) is 5.13 Å². The van der Waals surface area contributed by atoms with E-state index in [2.05, 4.69) is 15.3 Å². The van der Waals surface area contributed by atoms with Crippen molar-refractivity contribution in [2.75, 3.05) is 5.32 Å². The molecule has 0 radical (unpaired) electrons. The average Bonchev–Trinajstić information content (AvgIpc) is 2.89. The molecule has 3 rings (SSSR count). The van der Waals surface area contributed by atoms with Crippen LogP contribution < -0.4 is 5.32 Å². The zero-order chi connectivity index (χ0) is 15.5. The molecule has 0 aliphatic rings. The number of pyridine rings is 1. The van der Waals surface area contributed by atoms with Gasteiger partial charge in [0.1, 0.15) is 5.82 Å². The topological polar surface area (TPSA) is 54.9 Å². The number of thiazole rings is 1. The van der Waals surface area contributed by atoms with Gasteiger partial charge < -0.3 is 0 Å². The maximum Gasteiger partial charge on any atom is 0.260 e. The summed E-state index contributed by atoms with van der Waals surface area (Å²) in [6.07, 6.45) is 3.43. The summed E-state index contributed by atoms with van der Waals surface area (Å²) in [5.74, 6) is -1.06. The third-order valence-corrected chi connectivity index (χ3v) is 4.18. The molecule has 2 aromatic heterocycles. The molecule has 1 N–H and O–H groups in total. The van der Waals surface area contributed by atoms with Crippen LogP contribution in [-0.2, 0) is 0 Å². The van der Waals surface area contributed by atoms with Gasteiger partial charge in [0.2, 0.25) is 0 Å². The van der Waals surface area contributed by atoms with Crippen molar-refractivity contribution in [1.29, 1.82) is 0 Å². The Balaban J connectivity index is 1.86. The van der Waals surface area contributed by atoms with E-state index >= 15 is 0 Å². The Hall–Kier alpha value is -2.60. The van der Waals surface area contributed by atoms with E-state index in [1.807, 2.05) is 19.1 Å². The van der Waals surface area contributed by atoms with Crippen molar-refractivity contribution in [1.82, 2.24) is 9.97 Å². The monoisotopic (exact) mass is 313 g/mol. The number of benzene rings is 1. The first-order valence-corrected chi connectivity index (χ1v) is 7.40. The molecular formula is C16H12FN3OS. The SMILES string of the molecule is Cc1nc(NC(=O)c2ccccc2F)sc1-c1cccnc1. The molecular weight excluding hydrogens is 301 g/mol. The first-order chi connectivity index (χ1) is 10.6. The largest absolute Gasteiger partial charge is 0.298 e. The van der Waals surface area contributed by atoms with Gasteiger partial charge in [0, 0.05) is 18.0 Å². The van der Waals surface area contributed by atoms with Gasteiger partial charge in [-0.2, -0.15) is 0 Å². The zero-order valence-corrected chi connectivity index (χ0v) is 12.5. The minimum absolute atomic E-state index is 0.00159. The van der Waals surface area contributed by atoms with Crippen LogP contribution in [0.2, 0.25) is 0 Å². The fourth-order valence-electron chi connectivity index (χ4n) is 2.02. The lowest BCUT2D eigenvalue weighted by molar-refractivity contribution is 0.102. The molecule has 0 saturated carbocycles. The molecule has 0 saturated heterocycles. The van der Waals surface area contributed by atoms with Crippen LogP contribution in [0.25, 0.3) is 10.4 Å². The number of nitrogens with one attached hydrogen (secondary N) is 1. The highest BCUT2D eigenvalue weighted by molar-refractivity contribution is 7.19. The normalized spacial score (nSPS) is 10.5. The number of anilines is 1. The van der Waals surface area contributed by atoms with E-state index in [0.717, 1.165) is 16.1 Å². The van der Waals surface area contributed by atoms with E-state index in [1.54, 1.807) is 24.5 Å². The second kappa shape index (κ2) is 6.03. The Morgan fingerprint density at radius 2 is 2.05 bits per heavy atom. The number of nitrogens with zero attached hydrogens (tertiary/aromatic N) is 2. The zero-order valence-electron chi connectivity index (χ0n) is 11.7. The fraction of sp³-hybridized carbons (Fsp3) is 0.0625. The van der Waals surface area contributed by atoms with E-state index < -0.39 is 11.7 Å². The third-order valence-electron chi connectivity index (χ3n) is 3.06. The molecule has 22 heavy (non-hydrogen) atoms. The maximum absolute atomic E-state index is 13.6. The second-order valence-electron chi connectivity index (χ2n) is 4.61. The number of aryl methyl sites for hydroxylation is 1. The van der Waals surface area contributed by atoms with Crippen LogP contribution in [0.3, 0.4) is 0 Å². The highest BCUT2D eigenvalue weighted by Crippen LogP contribution is 2.32. The first kappa shape index (κ1) is 14.3. The Morgan fingerprint density at radius 3 is 2.77 bits per heavy atom. The van der Waals surface area contributed by atoms with Crippen LogP contribution in [0, 0.1) is 12.7 Å². The van der Waals surface area contributed by atoms with Crippen LogP contribution >= 0.6 is 11.3 Å². The van der Waals surface area contributed by atoms with Gasteiger partial charge in [-0.15, -0.1) is 0 Å². The van der Waals surface area contributed by atoms with E-state index in [9.17, 15) is 9.18 Å². The van der Waals surface area contributed by atoms with E-state index in [4.69, 9.17) is 0 Å². The molecule has 0 atom stereocenters. The molecule has 6 heteroatoms. The highest BCUT2D eigenvalue weighted by atomic mass is 32.1. The van der Waals surface area contributed by atoms with Crippen molar-refractivity contribution in [3.05, 3.63) is 65.9 Å². The lowest BCUT2D eigenvalue weighted by Gasteiger charge is -2.02. The van der Waals surface area contributed by atoms with Crippen LogP contribution in [0.15, 0.2) is 48.8 Å². The predicted octanol–water partition coefficient (Wildman–Crippen LogP) is 3.90. The summed E-state index contributed by atoms with van der Waals surface area (Å²) in [5, 5.41) is 3.07. The van der Waals surface area contributed by atoms with Crippen LogP contribution in [0.4, 0.5) is 9.52 Å². The molecule has 0 bridgehead atoms. The Morgan fingerprint density at radius 1 is 1.23 bits per heavy atom. The van der Waals surface area contributed by atoms with Crippen molar-refractivity contribution in [3.8, 4) is 10.4 Å². The number of rotatable bonds is 3. The van der Waals surface area contributed by atoms with Gasteiger partial charge >= 0.3 is 0 Å². The fourth-order valence-corrected chi connectivity index (χ4v) is 2.98. The summed E-state index contributed by atoms with van der Waals surface area (Å²) >= 11 is 1.34. The van der Waals surface area contributed by atoms with Crippen molar-refractivity contribution < 1.29 is 9.18 Å². The number of carbonyl (C=O) groups is 1.